The Morgan fingerprint density at radius 2 is 2.12 bits per heavy atom. The normalized spacial score (nSPS) is 12.1. The van der Waals surface area contributed by atoms with Crippen molar-refractivity contribution in [3.8, 4) is 0 Å². The monoisotopic (exact) mass is 237 g/mol. The summed E-state index contributed by atoms with van der Waals surface area (Å²) in [7, 11) is 0. The van der Waals surface area contributed by atoms with Crippen LogP contribution in [0.2, 0.25) is 0 Å². The molecule has 5 heteroatoms. The van der Waals surface area contributed by atoms with Crippen molar-refractivity contribution in [3.63, 3.8) is 0 Å². The van der Waals surface area contributed by atoms with Crippen LogP contribution >= 0.6 is 0 Å². The molecule has 0 aliphatic rings. The van der Waals surface area contributed by atoms with Gasteiger partial charge < -0.3 is 11.5 Å². The molecule has 0 atom stereocenters. The van der Waals surface area contributed by atoms with Gasteiger partial charge in [0.05, 0.1) is 6.54 Å². The van der Waals surface area contributed by atoms with Gasteiger partial charge in [0, 0.05) is 12.7 Å². The van der Waals surface area contributed by atoms with Gasteiger partial charge in [0.15, 0.2) is 0 Å². The first kappa shape index (κ1) is 13.9. The Labute approximate surface area is 103 Å². The summed E-state index contributed by atoms with van der Waals surface area (Å²) in [6.07, 6.45) is 1.69. The van der Waals surface area contributed by atoms with E-state index in [1.807, 2.05) is 0 Å². The fraction of sp³-hybridized carbons (Fsp3) is 0.667. The number of rotatable bonds is 6. The fourth-order valence-corrected chi connectivity index (χ4v) is 1.64. The lowest BCUT2D eigenvalue weighted by molar-refractivity contribution is 0.180. The highest BCUT2D eigenvalue weighted by molar-refractivity contribution is 5.24. The standard InChI is InChI=1S/C12H23N5/c1-4-17(9-12(2,3)8-13)7-11-15-6-5-10(14)16-11/h5-6H,4,7-9,13H2,1-3H3,(H2,14,15,16). The molecule has 1 rings (SSSR count). The molecular weight excluding hydrogens is 214 g/mol. The number of aromatic nitrogens is 2. The molecule has 0 saturated carbocycles. The lowest BCUT2D eigenvalue weighted by atomic mass is 9.93. The summed E-state index contributed by atoms with van der Waals surface area (Å²) >= 11 is 0. The van der Waals surface area contributed by atoms with Crippen molar-refractivity contribution in [3.05, 3.63) is 18.1 Å². The molecule has 5 nitrogen and oxygen atoms in total. The smallest absolute Gasteiger partial charge is 0.144 e. The minimum Gasteiger partial charge on any atom is -0.384 e. The number of hydrogen-bond acceptors (Lipinski definition) is 5. The molecule has 4 N–H and O–H groups in total. The number of nitrogen functional groups attached to an aromatic ring is 1. The fourth-order valence-electron chi connectivity index (χ4n) is 1.64. The van der Waals surface area contributed by atoms with Gasteiger partial charge in [0.25, 0.3) is 0 Å². The lowest BCUT2D eigenvalue weighted by Crippen LogP contribution is -2.38. The molecule has 0 radical (unpaired) electrons. The van der Waals surface area contributed by atoms with Crippen LogP contribution < -0.4 is 11.5 Å². The summed E-state index contributed by atoms with van der Waals surface area (Å²) in [5.74, 6) is 1.28. The van der Waals surface area contributed by atoms with Crippen LogP contribution in [0.15, 0.2) is 12.3 Å². The average Bonchev–Trinajstić information content (AvgIpc) is 2.28. The molecule has 96 valence electrons. The summed E-state index contributed by atoms with van der Waals surface area (Å²) < 4.78 is 0. The van der Waals surface area contributed by atoms with Gasteiger partial charge in [-0.3, -0.25) is 4.90 Å². The predicted octanol–water partition coefficient (Wildman–Crippen LogP) is 0.866. The van der Waals surface area contributed by atoms with Gasteiger partial charge in [-0.05, 0) is 24.6 Å². The third kappa shape index (κ3) is 4.66. The molecule has 0 aromatic carbocycles. The molecule has 0 aliphatic carbocycles. The van der Waals surface area contributed by atoms with E-state index < -0.39 is 0 Å². The molecule has 0 unspecified atom stereocenters. The lowest BCUT2D eigenvalue weighted by Gasteiger charge is -2.30. The molecule has 0 aliphatic heterocycles. The molecule has 1 heterocycles. The number of hydrogen-bond donors (Lipinski definition) is 2. The first-order valence-electron chi connectivity index (χ1n) is 5.96. The van der Waals surface area contributed by atoms with Gasteiger partial charge in [-0.2, -0.15) is 0 Å². The highest BCUT2D eigenvalue weighted by Gasteiger charge is 2.19. The van der Waals surface area contributed by atoms with E-state index in [1.54, 1.807) is 12.3 Å². The molecule has 1 aromatic heterocycles. The van der Waals surface area contributed by atoms with Gasteiger partial charge in [-0.15, -0.1) is 0 Å². The van der Waals surface area contributed by atoms with Crippen LogP contribution in [0.4, 0.5) is 5.82 Å². The Balaban J connectivity index is 2.64. The molecule has 1 aromatic rings. The van der Waals surface area contributed by atoms with E-state index in [0.717, 1.165) is 18.9 Å². The maximum atomic E-state index is 5.75. The zero-order chi connectivity index (χ0) is 12.9. The second kappa shape index (κ2) is 5.93. The third-order valence-electron chi connectivity index (χ3n) is 2.74. The summed E-state index contributed by atoms with van der Waals surface area (Å²) in [4.78, 5) is 10.7. The van der Waals surface area contributed by atoms with Crippen LogP contribution in [-0.4, -0.2) is 34.5 Å². The Hall–Kier alpha value is -1.20. The Morgan fingerprint density at radius 1 is 1.41 bits per heavy atom. The second-order valence-corrected chi connectivity index (χ2v) is 5.07. The Bertz CT molecular complexity index is 351. The molecular formula is C12H23N5. The van der Waals surface area contributed by atoms with Gasteiger partial charge in [-0.1, -0.05) is 20.8 Å². The van der Waals surface area contributed by atoms with Crippen LogP contribution in [0.1, 0.15) is 26.6 Å². The maximum absolute atomic E-state index is 5.75. The predicted molar refractivity (Wildman–Crippen MR) is 70.2 cm³/mol. The van der Waals surface area contributed by atoms with Crippen molar-refractivity contribution in [2.24, 2.45) is 11.1 Å². The molecule has 0 spiro atoms. The summed E-state index contributed by atoms with van der Waals surface area (Å²) in [6, 6.07) is 1.70. The first-order valence-corrected chi connectivity index (χ1v) is 5.96. The number of anilines is 1. The van der Waals surface area contributed by atoms with Crippen molar-refractivity contribution in [2.75, 3.05) is 25.4 Å². The van der Waals surface area contributed by atoms with Crippen molar-refractivity contribution in [1.29, 1.82) is 0 Å². The SMILES string of the molecule is CCN(Cc1nccc(N)n1)CC(C)(C)CN. The van der Waals surface area contributed by atoms with Gasteiger partial charge in [0.1, 0.15) is 11.6 Å². The summed E-state index contributed by atoms with van der Waals surface area (Å²) in [5, 5.41) is 0. The van der Waals surface area contributed by atoms with Crippen LogP contribution in [0.3, 0.4) is 0 Å². The van der Waals surface area contributed by atoms with Gasteiger partial charge >= 0.3 is 0 Å². The zero-order valence-corrected chi connectivity index (χ0v) is 11.0. The molecule has 0 bridgehead atoms. The topological polar surface area (TPSA) is 81.1 Å². The van der Waals surface area contributed by atoms with E-state index in [4.69, 9.17) is 11.5 Å². The minimum absolute atomic E-state index is 0.107. The Kier molecular flexibility index (Phi) is 4.84. The molecule has 0 saturated heterocycles. The average molecular weight is 237 g/mol. The minimum atomic E-state index is 0.107. The van der Waals surface area contributed by atoms with Gasteiger partial charge in [0.2, 0.25) is 0 Å². The van der Waals surface area contributed by atoms with Crippen molar-refractivity contribution in [2.45, 2.75) is 27.3 Å². The van der Waals surface area contributed by atoms with Gasteiger partial charge in [-0.25, -0.2) is 9.97 Å². The molecule has 0 fully saturated rings. The molecule has 0 amide bonds. The van der Waals surface area contributed by atoms with E-state index in [2.05, 4.69) is 35.6 Å². The Morgan fingerprint density at radius 3 is 2.65 bits per heavy atom. The van der Waals surface area contributed by atoms with E-state index in [9.17, 15) is 0 Å². The second-order valence-electron chi connectivity index (χ2n) is 5.07. The van der Waals surface area contributed by atoms with Crippen LogP contribution in [-0.2, 0) is 6.54 Å². The number of nitrogens with two attached hydrogens (primary N) is 2. The van der Waals surface area contributed by atoms with Crippen LogP contribution in [0, 0.1) is 5.41 Å². The van der Waals surface area contributed by atoms with E-state index in [-0.39, 0.29) is 5.41 Å². The highest BCUT2D eigenvalue weighted by atomic mass is 15.1. The van der Waals surface area contributed by atoms with Crippen molar-refractivity contribution < 1.29 is 0 Å². The zero-order valence-electron chi connectivity index (χ0n) is 11.0. The van der Waals surface area contributed by atoms with Crippen molar-refractivity contribution in [1.82, 2.24) is 14.9 Å². The number of nitrogens with zero attached hydrogens (tertiary/aromatic N) is 3. The third-order valence-corrected chi connectivity index (χ3v) is 2.74. The van der Waals surface area contributed by atoms with Crippen LogP contribution in [0.5, 0.6) is 0 Å². The van der Waals surface area contributed by atoms with E-state index >= 15 is 0 Å². The maximum Gasteiger partial charge on any atom is 0.144 e. The summed E-state index contributed by atoms with van der Waals surface area (Å²) in [5.41, 5.74) is 11.5. The first-order chi connectivity index (χ1) is 7.96. The summed E-state index contributed by atoms with van der Waals surface area (Å²) in [6.45, 7) is 9.71. The van der Waals surface area contributed by atoms with Crippen LogP contribution in [0.25, 0.3) is 0 Å². The van der Waals surface area contributed by atoms with Crippen molar-refractivity contribution >= 4 is 5.82 Å². The quantitative estimate of drug-likeness (QED) is 0.767. The highest BCUT2D eigenvalue weighted by Crippen LogP contribution is 2.15. The van der Waals surface area contributed by atoms with E-state index in [0.29, 0.717) is 18.9 Å². The largest absolute Gasteiger partial charge is 0.384 e. The van der Waals surface area contributed by atoms with E-state index in [1.165, 1.54) is 0 Å². The molecule has 17 heavy (non-hydrogen) atoms.